The van der Waals surface area contributed by atoms with Gasteiger partial charge in [-0.3, -0.25) is 0 Å². The van der Waals surface area contributed by atoms with Crippen LogP contribution < -0.4 is 21.9 Å². The Morgan fingerprint density at radius 1 is 1.24 bits per heavy atom. The molecule has 1 heterocycles. The first-order valence-electron chi connectivity index (χ1n) is 5.92. The van der Waals surface area contributed by atoms with Crippen molar-refractivity contribution in [1.82, 2.24) is 10.2 Å². The molecule has 0 aliphatic rings. The van der Waals surface area contributed by atoms with Crippen molar-refractivity contribution in [3.05, 3.63) is 24.1 Å². The molecule has 2 rings (SSSR count). The van der Waals surface area contributed by atoms with Crippen LogP contribution in [0.2, 0.25) is 0 Å². The number of guanidine groups is 2. The highest BCUT2D eigenvalue weighted by Gasteiger charge is 2.10. The standard InChI is InChI=1S/C12H15N7O2/c1-6-18-19-10(21-6)7-3-4-9(20-2)8(5-7)16-12(15)17-11(13)14/h3-5H,1-2H3,(H6,13,14,15,16,17). The predicted octanol–water partition coefficient (Wildman–Crippen LogP) is 0.273. The summed E-state index contributed by atoms with van der Waals surface area (Å²) < 4.78 is 10.6. The van der Waals surface area contributed by atoms with Crippen LogP contribution in [0.4, 0.5) is 5.69 Å². The molecule has 0 saturated carbocycles. The van der Waals surface area contributed by atoms with Crippen LogP contribution in [-0.2, 0) is 0 Å². The van der Waals surface area contributed by atoms with Crippen LogP contribution >= 0.6 is 0 Å². The maximum atomic E-state index is 5.62. The Hall–Kier alpha value is -3.10. The summed E-state index contributed by atoms with van der Waals surface area (Å²) in [6, 6.07) is 5.15. The van der Waals surface area contributed by atoms with Crippen LogP contribution in [0.1, 0.15) is 5.89 Å². The molecule has 0 amide bonds. The van der Waals surface area contributed by atoms with Crippen LogP contribution in [0.5, 0.6) is 5.75 Å². The molecule has 9 nitrogen and oxygen atoms in total. The quantitative estimate of drug-likeness (QED) is 0.541. The topological polar surface area (TPSA) is 151 Å². The largest absolute Gasteiger partial charge is 0.494 e. The Labute approximate surface area is 120 Å². The fourth-order valence-corrected chi connectivity index (χ4v) is 1.60. The van der Waals surface area contributed by atoms with Crippen molar-refractivity contribution in [3.8, 4) is 17.2 Å². The first-order chi connectivity index (χ1) is 9.99. The highest BCUT2D eigenvalue weighted by molar-refractivity contribution is 5.94. The van der Waals surface area contributed by atoms with Crippen LogP contribution in [0, 0.1) is 6.92 Å². The second-order valence-corrected chi connectivity index (χ2v) is 4.02. The van der Waals surface area contributed by atoms with E-state index in [0.29, 0.717) is 28.8 Å². The molecule has 0 bridgehead atoms. The van der Waals surface area contributed by atoms with Crippen molar-refractivity contribution in [2.24, 2.45) is 27.2 Å². The molecule has 9 heteroatoms. The van der Waals surface area contributed by atoms with E-state index in [1.54, 1.807) is 25.1 Å². The second kappa shape index (κ2) is 5.90. The minimum absolute atomic E-state index is 0.0906. The first kappa shape index (κ1) is 14.3. The summed E-state index contributed by atoms with van der Waals surface area (Å²) in [6.45, 7) is 1.70. The van der Waals surface area contributed by atoms with Crippen molar-refractivity contribution in [3.63, 3.8) is 0 Å². The van der Waals surface area contributed by atoms with Gasteiger partial charge in [0.05, 0.1) is 7.11 Å². The van der Waals surface area contributed by atoms with E-state index in [0.717, 1.165) is 0 Å². The molecule has 2 aromatic rings. The van der Waals surface area contributed by atoms with Gasteiger partial charge >= 0.3 is 0 Å². The molecule has 1 aromatic heterocycles. The third-order valence-electron chi connectivity index (χ3n) is 2.43. The van der Waals surface area contributed by atoms with E-state index in [-0.39, 0.29) is 11.9 Å². The van der Waals surface area contributed by atoms with Gasteiger partial charge in [0.25, 0.3) is 0 Å². The molecular formula is C12H15N7O2. The molecule has 0 spiro atoms. The molecule has 0 aliphatic heterocycles. The Balaban J connectivity index is 2.46. The monoisotopic (exact) mass is 289 g/mol. The van der Waals surface area contributed by atoms with E-state index in [1.165, 1.54) is 7.11 Å². The van der Waals surface area contributed by atoms with E-state index in [9.17, 15) is 0 Å². The third-order valence-corrected chi connectivity index (χ3v) is 2.43. The zero-order valence-corrected chi connectivity index (χ0v) is 11.6. The number of benzene rings is 1. The highest BCUT2D eigenvalue weighted by atomic mass is 16.5. The molecule has 1 aromatic carbocycles. The second-order valence-electron chi connectivity index (χ2n) is 4.02. The number of hydrogen-bond acceptors (Lipinski definition) is 5. The predicted molar refractivity (Wildman–Crippen MR) is 78.1 cm³/mol. The number of aryl methyl sites for hydroxylation is 1. The van der Waals surface area contributed by atoms with Gasteiger partial charge in [-0.1, -0.05) is 0 Å². The summed E-state index contributed by atoms with van der Waals surface area (Å²) in [4.78, 5) is 7.74. The molecule has 0 atom stereocenters. The Kier molecular flexibility index (Phi) is 4.02. The molecule has 21 heavy (non-hydrogen) atoms. The van der Waals surface area contributed by atoms with Crippen LogP contribution in [0.15, 0.2) is 32.6 Å². The fraction of sp³-hybridized carbons (Fsp3) is 0.167. The van der Waals surface area contributed by atoms with Crippen molar-refractivity contribution < 1.29 is 9.15 Å². The van der Waals surface area contributed by atoms with E-state index in [4.69, 9.17) is 26.4 Å². The van der Waals surface area contributed by atoms with Gasteiger partial charge in [0, 0.05) is 12.5 Å². The fourth-order valence-electron chi connectivity index (χ4n) is 1.60. The number of methoxy groups -OCH3 is 1. The summed E-state index contributed by atoms with van der Waals surface area (Å²) in [7, 11) is 1.52. The van der Waals surface area contributed by atoms with Crippen molar-refractivity contribution >= 4 is 17.6 Å². The molecule has 0 fully saturated rings. The number of nitrogens with zero attached hydrogens (tertiary/aromatic N) is 4. The zero-order chi connectivity index (χ0) is 15.4. The molecule has 0 radical (unpaired) electrons. The number of rotatable bonds is 3. The minimum atomic E-state index is -0.182. The number of ether oxygens (including phenoxy) is 1. The summed E-state index contributed by atoms with van der Waals surface area (Å²) in [5.41, 5.74) is 17.2. The lowest BCUT2D eigenvalue weighted by Crippen LogP contribution is -2.26. The van der Waals surface area contributed by atoms with E-state index in [2.05, 4.69) is 20.2 Å². The van der Waals surface area contributed by atoms with Crippen molar-refractivity contribution in [2.75, 3.05) is 7.11 Å². The van der Waals surface area contributed by atoms with Crippen LogP contribution in [-0.4, -0.2) is 29.2 Å². The maximum absolute atomic E-state index is 5.62. The highest BCUT2D eigenvalue weighted by Crippen LogP contribution is 2.32. The average Bonchev–Trinajstić information content (AvgIpc) is 2.84. The number of aliphatic imine (C=N–C) groups is 2. The lowest BCUT2D eigenvalue weighted by atomic mass is 10.2. The lowest BCUT2D eigenvalue weighted by molar-refractivity contribution is 0.416. The van der Waals surface area contributed by atoms with E-state index < -0.39 is 0 Å². The van der Waals surface area contributed by atoms with Crippen LogP contribution in [0.25, 0.3) is 11.5 Å². The molecule has 6 N–H and O–H groups in total. The van der Waals surface area contributed by atoms with Gasteiger partial charge in [-0.05, 0) is 18.2 Å². The van der Waals surface area contributed by atoms with E-state index >= 15 is 0 Å². The Bertz CT molecular complexity index is 701. The van der Waals surface area contributed by atoms with Crippen molar-refractivity contribution in [1.29, 1.82) is 0 Å². The van der Waals surface area contributed by atoms with Gasteiger partial charge in [-0.2, -0.15) is 4.99 Å². The zero-order valence-electron chi connectivity index (χ0n) is 11.6. The number of hydrogen-bond donors (Lipinski definition) is 3. The van der Waals surface area contributed by atoms with Gasteiger partial charge in [0.1, 0.15) is 11.4 Å². The molecular weight excluding hydrogens is 274 g/mol. The van der Waals surface area contributed by atoms with Gasteiger partial charge in [-0.25, -0.2) is 4.99 Å². The molecule has 0 aliphatic carbocycles. The van der Waals surface area contributed by atoms with Gasteiger partial charge in [0.2, 0.25) is 17.7 Å². The van der Waals surface area contributed by atoms with Gasteiger partial charge in [0.15, 0.2) is 5.96 Å². The summed E-state index contributed by atoms with van der Waals surface area (Å²) in [5.74, 6) is 1.06. The lowest BCUT2D eigenvalue weighted by Gasteiger charge is -2.06. The average molecular weight is 289 g/mol. The van der Waals surface area contributed by atoms with E-state index in [1.807, 2.05) is 0 Å². The SMILES string of the molecule is COc1ccc(-c2nnc(C)o2)cc1N=C(N)N=C(N)N. The Morgan fingerprint density at radius 2 is 2.00 bits per heavy atom. The Morgan fingerprint density at radius 3 is 2.57 bits per heavy atom. The van der Waals surface area contributed by atoms with Gasteiger partial charge < -0.3 is 26.4 Å². The minimum Gasteiger partial charge on any atom is -0.494 e. The third kappa shape index (κ3) is 3.47. The summed E-state index contributed by atoms with van der Waals surface area (Å²) in [5, 5.41) is 7.71. The number of aromatic nitrogens is 2. The normalized spacial score (nSPS) is 11.2. The molecule has 0 saturated heterocycles. The summed E-state index contributed by atoms with van der Waals surface area (Å²) >= 11 is 0. The first-order valence-corrected chi connectivity index (χ1v) is 5.92. The number of nitrogens with two attached hydrogens (primary N) is 3. The van der Waals surface area contributed by atoms with Crippen LogP contribution in [0.3, 0.4) is 0 Å². The van der Waals surface area contributed by atoms with Crippen molar-refractivity contribution in [2.45, 2.75) is 6.92 Å². The molecule has 0 unspecified atom stereocenters. The van der Waals surface area contributed by atoms with Gasteiger partial charge in [-0.15, -0.1) is 10.2 Å². The smallest absolute Gasteiger partial charge is 0.247 e. The molecule has 110 valence electrons. The maximum Gasteiger partial charge on any atom is 0.247 e. The summed E-state index contributed by atoms with van der Waals surface area (Å²) in [6.07, 6.45) is 0.